The number of ether oxygens (including phenoxy) is 1. The van der Waals surface area contributed by atoms with Crippen molar-refractivity contribution < 1.29 is 9.84 Å². The van der Waals surface area contributed by atoms with Gasteiger partial charge in [-0.2, -0.15) is 0 Å². The maximum absolute atomic E-state index is 9.23. The molecular formula is C13H16O2. The molecule has 2 rings (SSSR count). The van der Waals surface area contributed by atoms with E-state index in [4.69, 9.17) is 4.74 Å². The van der Waals surface area contributed by atoms with Crippen molar-refractivity contribution in [3.05, 3.63) is 35.9 Å². The first-order valence-electron chi connectivity index (χ1n) is 5.36. The van der Waals surface area contributed by atoms with E-state index in [-0.39, 0.29) is 6.61 Å². The normalized spacial score (nSPS) is 15.8. The topological polar surface area (TPSA) is 29.5 Å². The summed E-state index contributed by atoms with van der Waals surface area (Å²) in [5, 5.41) is 9.23. The van der Waals surface area contributed by atoms with E-state index in [9.17, 15) is 5.11 Å². The largest absolute Gasteiger partial charge is 0.490 e. The quantitative estimate of drug-likeness (QED) is 0.817. The minimum atomic E-state index is 0.0176. The van der Waals surface area contributed by atoms with Crippen molar-refractivity contribution in [1.29, 1.82) is 0 Å². The van der Waals surface area contributed by atoms with Crippen LogP contribution in [0.5, 0.6) is 5.75 Å². The third kappa shape index (κ3) is 2.21. The van der Waals surface area contributed by atoms with Gasteiger partial charge in [0.2, 0.25) is 0 Å². The van der Waals surface area contributed by atoms with Crippen LogP contribution in [0.4, 0.5) is 0 Å². The lowest BCUT2D eigenvalue weighted by atomic mass is 9.96. The monoisotopic (exact) mass is 204 g/mol. The minimum absolute atomic E-state index is 0.0176. The molecule has 1 N–H and O–H groups in total. The molecule has 2 heteroatoms. The van der Waals surface area contributed by atoms with Crippen LogP contribution in [0.3, 0.4) is 0 Å². The van der Waals surface area contributed by atoms with Gasteiger partial charge in [-0.3, -0.25) is 0 Å². The SMILES string of the molecule is C=Cc1ccc(OC2CCC2)c(CO)c1. The van der Waals surface area contributed by atoms with Crippen LogP contribution < -0.4 is 4.74 Å². The van der Waals surface area contributed by atoms with Crippen molar-refractivity contribution in [2.24, 2.45) is 0 Å². The molecule has 80 valence electrons. The molecule has 1 saturated carbocycles. The number of hydrogen-bond donors (Lipinski definition) is 1. The second-order valence-corrected chi connectivity index (χ2v) is 3.90. The van der Waals surface area contributed by atoms with Gasteiger partial charge < -0.3 is 9.84 Å². The Hall–Kier alpha value is -1.28. The van der Waals surface area contributed by atoms with Crippen LogP contribution in [0.1, 0.15) is 30.4 Å². The van der Waals surface area contributed by atoms with Gasteiger partial charge in [0.05, 0.1) is 12.7 Å². The number of aliphatic hydroxyl groups is 1. The summed E-state index contributed by atoms with van der Waals surface area (Å²) in [4.78, 5) is 0. The summed E-state index contributed by atoms with van der Waals surface area (Å²) in [6, 6.07) is 5.79. The molecule has 0 radical (unpaired) electrons. The van der Waals surface area contributed by atoms with E-state index >= 15 is 0 Å². The van der Waals surface area contributed by atoms with E-state index < -0.39 is 0 Å². The molecule has 0 unspecified atom stereocenters. The van der Waals surface area contributed by atoms with Crippen molar-refractivity contribution in [3.63, 3.8) is 0 Å². The van der Waals surface area contributed by atoms with E-state index in [0.717, 1.165) is 29.7 Å². The molecule has 0 bridgehead atoms. The molecule has 0 aromatic heterocycles. The Morgan fingerprint density at radius 2 is 2.27 bits per heavy atom. The van der Waals surface area contributed by atoms with Crippen LogP contribution in [0.25, 0.3) is 6.08 Å². The van der Waals surface area contributed by atoms with Crippen LogP contribution >= 0.6 is 0 Å². The highest BCUT2D eigenvalue weighted by atomic mass is 16.5. The summed E-state index contributed by atoms with van der Waals surface area (Å²) in [7, 11) is 0. The standard InChI is InChI=1S/C13H16O2/c1-2-10-6-7-13(11(8-10)9-14)15-12-4-3-5-12/h2,6-8,12,14H,1,3-5,9H2. The molecule has 0 amide bonds. The predicted molar refractivity (Wildman–Crippen MR) is 60.7 cm³/mol. The molecule has 0 aliphatic heterocycles. The first-order chi connectivity index (χ1) is 7.33. The summed E-state index contributed by atoms with van der Waals surface area (Å²) in [5.41, 5.74) is 1.86. The third-order valence-electron chi connectivity index (χ3n) is 2.84. The first kappa shape index (κ1) is 10.2. The number of rotatable bonds is 4. The molecule has 1 fully saturated rings. The Morgan fingerprint density at radius 3 is 2.80 bits per heavy atom. The van der Waals surface area contributed by atoms with Gasteiger partial charge in [-0.25, -0.2) is 0 Å². The smallest absolute Gasteiger partial charge is 0.125 e. The molecule has 0 heterocycles. The third-order valence-corrected chi connectivity index (χ3v) is 2.84. The summed E-state index contributed by atoms with van der Waals surface area (Å²) < 4.78 is 5.78. The van der Waals surface area contributed by atoms with Crippen molar-refractivity contribution in [2.45, 2.75) is 32.0 Å². The van der Waals surface area contributed by atoms with Crippen LogP contribution in [0.2, 0.25) is 0 Å². The average Bonchev–Trinajstić information content (AvgIpc) is 2.23. The Balaban J connectivity index is 2.17. The second kappa shape index (κ2) is 4.49. The van der Waals surface area contributed by atoms with Crippen LogP contribution in [-0.2, 0) is 6.61 Å². The molecule has 1 aliphatic rings. The molecule has 1 aromatic carbocycles. The number of benzene rings is 1. The van der Waals surface area contributed by atoms with Gasteiger partial charge in [0.15, 0.2) is 0 Å². The highest BCUT2D eigenvalue weighted by Crippen LogP contribution is 2.28. The maximum atomic E-state index is 9.23. The molecule has 1 aromatic rings. The number of hydrogen-bond acceptors (Lipinski definition) is 2. The molecule has 0 spiro atoms. The Bertz CT molecular complexity index is 354. The van der Waals surface area contributed by atoms with Crippen molar-refractivity contribution in [1.82, 2.24) is 0 Å². The van der Waals surface area contributed by atoms with Gasteiger partial charge in [0, 0.05) is 5.56 Å². The molecule has 0 atom stereocenters. The van der Waals surface area contributed by atoms with Crippen LogP contribution in [0, 0.1) is 0 Å². The molecule has 2 nitrogen and oxygen atoms in total. The van der Waals surface area contributed by atoms with Gasteiger partial charge in [-0.1, -0.05) is 18.7 Å². The van der Waals surface area contributed by atoms with E-state index in [1.54, 1.807) is 6.08 Å². The first-order valence-corrected chi connectivity index (χ1v) is 5.36. The lowest BCUT2D eigenvalue weighted by Crippen LogP contribution is -2.25. The van der Waals surface area contributed by atoms with E-state index in [2.05, 4.69) is 6.58 Å². The molecular weight excluding hydrogens is 188 g/mol. The van der Waals surface area contributed by atoms with Gasteiger partial charge in [-0.05, 0) is 37.0 Å². The van der Waals surface area contributed by atoms with Gasteiger partial charge in [-0.15, -0.1) is 0 Å². The summed E-state index contributed by atoms with van der Waals surface area (Å²) >= 11 is 0. The highest BCUT2D eigenvalue weighted by molar-refractivity contribution is 5.51. The van der Waals surface area contributed by atoms with Crippen molar-refractivity contribution >= 4 is 6.08 Å². The Morgan fingerprint density at radius 1 is 1.47 bits per heavy atom. The summed E-state index contributed by atoms with van der Waals surface area (Å²) in [6.07, 6.45) is 5.64. The molecule has 1 aliphatic carbocycles. The van der Waals surface area contributed by atoms with Gasteiger partial charge >= 0.3 is 0 Å². The van der Waals surface area contributed by atoms with E-state index in [0.29, 0.717) is 6.10 Å². The summed E-state index contributed by atoms with van der Waals surface area (Å²) in [5.74, 6) is 0.813. The van der Waals surface area contributed by atoms with E-state index in [1.165, 1.54) is 6.42 Å². The number of aliphatic hydroxyl groups excluding tert-OH is 1. The van der Waals surface area contributed by atoms with Crippen molar-refractivity contribution in [2.75, 3.05) is 0 Å². The van der Waals surface area contributed by atoms with Gasteiger partial charge in [0.25, 0.3) is 0 Å². The molecule has 0 saturated heterocycles. The Kier molecular flexibility index (Phi) is 3.07. The fourth-order valence-electron chi connectivity index (χ4n) is 1.63. The van der Waals surface area contributed by atoms with Gasteiger partial charge in [0.1, 0.15) is 5.75 Å². The lowest BCUT2D eigenvalue weighted by Gasteiger charge is -2.27. The van der Waals surface area contributed by atoms with Crippen LogP contribution in [0.15, 0.2) is 24.8 Å². The van der Waals surface area contributed by atoms with E-state index in [1.807, 2.05) is 18.2 Å². The lowest BCUT2D eigenvalue weighted by molar-refractivity contribution is 0.116. The van der Waals surface area contributed by atoms with Crippen LogP contribution in [-0.4, -0.2) is 11.2 Å². The highest BCUT2D eigenvalue weighted by Gasteiger charge is 2.20. The zero-order valence-electron chi connectivity index (χ0n) is 8.78. The minimum Gasteiger partial charge on any atom is -0.490 e. The summed E-state index contributed by atoms with van der Waals surface area (Å²) in [6.45, 7) is 3.72. The fraction of sp³-hybridized carbons (Fsp3) is 0.385. The second-order valence-electron chi connectivity index (χ2n) is 3.90. The average molecular weight is 204 g/mol. The predicted octanol–water partition coefficient (Wildman–Crippen LogP) is 2.75. The Labute approximate surface area is 90.2 Å². The maximum Gasteiger partial charge on any atom is 0.125 e. The fourth-order valence-corrected chi connectivity index (χ4v) is 1.63. The zero-order valence-corrected chi connectivity index (χ0v) is 8.78. The zero-order chi connectivity index (χ0) is 10.7. The molecule has 15 heavy (non-hydrogen) atoms. The van der Waals surface area contributed by atoms with Crippen molar-refractivity contribution in [3.8, 4) is 5.75 Å².